The number of methoxy groups -OCH3 is 1. The summed E-state index contributed by atoms with van der Waals surface area (Å²) in [4.78, 5) is 23.7. The highest BCUT2D eigenvalue weighted by Crippen LogP contribution is 2.28. The topological polar surface area (TPSA) is 108 Å². The maximum absolute atomic E-state index is 12.3. The lowest BCUT2D eigenvalue weighted by Gasteiger charge is -2.22. The van der Waals surface area contributed by atoms with Gasteiger partial charge in [0, 0.05) is 0 Å². The number of nitrogens with one attached hydrogen (secondary N) is 1. The summed E-state index contributed by atoms with van der Waals surface area (Å²) in [5.41, 5.74) is -6.32. The van der Waals surface area contributed by atoms with E-state index in [-0.39, 0.29) is 5.56 Å². The zero-order chi connectivity index (χ0) is 21.0. The van der Waals surface area contributed by atoms with Crippen LogP contribution in [-0.2, 0) is 24.4 Å². The van der Waals surface area contributed by atoms with E-state index in [1.165, 1.54) is 0 Å². The molecule has 0 aliphatic carbocycles. The zero-order valence-electron chi connectivity index (χ0n) is 14.8. The van der Waals surface area contributed by atoms with E-state index in [1.54, 1.807) is 20.8 Å². The Morgan fingerprint density at radius 2 is 1.59 bits per heavy atom. The van der Waals surface area contributed by atoms with Crippen LogP contribution < -0.4 is 9.50 Å². The number of carbonyl (C=O) groups is 2. The molecule has 12 heteroatoms. The van der Waals surface area contributed by atoms with Gasteiger partial charge in [0.2, 0.25) is 0 Å². The molecule has 0 radical (unpaired) electrons. The van der Waals surface area contributed by atoms with Crippen molar-refractivity contribution in [1.29, 1.82) is 0 Å². The van der Waals surface area contributed by atoms with Crippen LogP contribution in [0.5, 0.6) is 5.75 Å². The van der Waals surface area contributed by atoms with E-state index in [4.69, 9.17) is 4.74 Å². The van der Waals surface area contributed by atoms with Gasteiger partial charge in [-0.3, -0.25) is 0 Å². The Balaban J connectivity index is 3.02. The number of alkyl halides is 3. The van der Waals surface area contributed by atoms with E-state index in [9.17, 15) is 31.2 Å². The molecule has 0 heterocycles. The average molecular weight is 413 g/mol. The number of amides is 1. The number of benzene rings is 1. The van der Waals surface area contributed by atoms with Gasteiger partial charge in [0.15, 0.2) is 6.04 Å². The molecule has 0 aliphatic rings. The summed E-state index contributed by atoms with van der Waals surface area (Å²) in [5.74, 6) is -1.51. The van der Waals surface area contributed by atoms with Gasteiger partial charge >= 0.3 is 27.7 Å². The van der Waals surface area contributed by atoms with Gasteiger partial charge in [0.25, 0.3) is 0 Å². The highest BCUT2D eigenvalue weighted by molar-refractivity contribution is 7.88. The number of rotatable bonds is 5. The highest BCUT2D eigenvalue weighted by atomic mass is 32.2. The Labute approximate surface area is 153 Å². The Morgan fingerprint density at radius 3 is 2.00 bits per heavy atom. The van der Waals surface area contributed by atoms with E-state index < -0.39 is 45.1 Å². The summed E-state index contributed by atoms with van der Waals surface area (Å²) in [6.45, 7) is 4.81. The predicted molar refractivity (Wildman–Crippen MR) is 86.2 cm³/mol. The minimum atomic E-state index is -5.83. The molecule has 0 spiro atoms. The smallest absolute Gasteiger partial charge is 0.467 e. The molecule has 1 rings (SSSR count). The van der Waals surface area contributed by atoms with Gasteiger partial charge in [0.1, 0.15) is 11.4 Å². The first-order valence-corrected chi connectivity index (χ1v) is 8.75. The Morgan fingerprint density at radius 1 is 1.07 bits per heavy atom. The number of esters is 1. The molecule has 8 nitrogen and oxygen atoms in total. The maximum Gasteiger partial charge on any atom is 0.534 e. The summed E-state index contributed by atoms with van der Waals surface area (Å²) in [5, 5.41) is 2.26. The van der Waals surface area contributed by atoms with Crippen molar-refractivity contribution >= 4 is 22.2 Å². The summed E-state index contributed by atoms with van der Waals surface area (Å²) in [7, 11) is -4.76. The molecular weight excluding hydrogens is 395 g/mol. The summed E-state index contributed by atoms with van der Waals surface area (Å²) < 4.78 is 72.5. The van der Waals surface area contributed by atoms with Gasteiger partial charge in [0.05, 0.1) is 7.11 Å². The van der Waals surface area contributed by atoms with Crippen molar-refractivity contribution in [3.05, 3.63) is 29.8 Å². The first kappa shape index (κ1) is 22.5. The Kier molecular flexibility index (Phi) is 6.70. The fraction of sp³-hybridized carbons (Fsp3) is 0.467. The normalized spacial score (nSPS) is 13.4. The van der Waals surface area contributed by atoms with Crippen LogP contribution in [0.25, 0.3) is 0 Å². The fourth-order valence-electron chi connectivity index (χ4n) is 1.71. The lowest BCUT2D eigenvalue weighted by atomic mass is 10.1. The summed E-state index contributed by atoms with van der Waals surface area (Å²) in [6, 6.07) is 2.65. The summed E-state index contributed by atoms with van der Waals surface area (Å²) >= 11 is 0. The monoisotopic (exact) mass is 413 g/mol. The number of alkyl carbamates (subject to hydrolysis) is 1. The predicted octanol–water partition coefficient (Wildman–Crippen LogP) is 2.65. The second-order valence-electron chi connectivity index (χ2n) is 6.15. The van der Waals surface area contributed by atoms with Crippen LogP contribution in [0.4, 0.5) is 18.0 Å². The first-order chi connectivity index (χ1) is 12.2. The highest BCUT2D eigenvalue weighted by Gasteiger charge is 2.48. The molecule has 0 aliphatic heterocycles. The third kappa shape index (κ3) is 6.62. The minimum absolute atomic E-state index is 0.101. The van der Waals surface area contributed by atoms with Crippen molar-refractivity contribution in [2.75, 3.05) is 7.11 Å². The number of ether oxygens (including phenoxy) is 2. The van der Waals surface area contributed by atoms with Gasteiger partial charge < -0.3 is 19.0 Å². The lowest BCUT2D eigenvalue weighted by molar-refractivity contribution is -0.143. The van der Waals surface area contributed by atoms with Crippen molar-refractivity contribution in [1.82, 2.24) is 5.32 Å². The van der Waals surface area contributed by atoms with Gasteiger partial charge in [-0.15, -0.1) is 0 Å². The van der Waals surface area contributed by atoms with E-state index in [1.807, 2.05) is 0 Å². The Hall–Kier alpha value is -2.50. The lowest BCUT2D eigenvalue weighted by Crippen LogP contribution is -2.38. The molecule has 0 fully saturated rings. The molecular formula is C15H18F3NO7S. The first-order valence-electron chi connectivity index (χ1n) is 7.34. The largest absolute Gasteiger partial charge is 0.534 e. The van der Waals surface area contributed by atoms with Crippen molar-refractivity contribution in [2.45, 2.75) is 37.9 Å². The third-order valence-corrected chi connectivity index (χ3v) is 3.78. The van der Waals surface area contributed by atoms with Gasteiger partial charge in [-0.05, 0) is 38.5 Å². The van der Waals surface area contributed by atoms with E-state index >= 15 is 0 Å². The van der Waals surface area contributed by atoms with Crippen LogP contribution in [0.15, 0.2) is 24.3 Å². The molecule has 0 aromatic heterocycles. The zero-order valence-corrected chi connectivity index (χ0v) is 15.6. The van der Waals surface area contributed by atoms with Gasteiger partial charge in [-0.2, -0.15) is 21.6 Å². The van der Waals surface area contributed by atoms with E-state index in [0.717, 1.165) is 31.4 Å². The molecule has 0 bridgehead atoms. The molecule has 0 saturated carbocycles. The number of hydrogen-bond acceptors (Lipinski definition) is 7. The Bertz CT molecular complexity index is 783. The van der Waals surface area contributed by atoms with Crippen molar-refractivity contribution in [3.63, 3.8) is 0 Å². The number of hydrogen-bond donors (Lipinski definition) is 1. The van der Waals surface area contributed by atoms with Gasteiger partial charge in [-0.25, -0.2) is 9.59 Å². The molecule has 152 valence electrons. The van der Waals surface area contributed by atoms with Crippen LogP contribution in [0.1, 0.15) is 32.4 Å². The second kappa shape index (κ2) is 8.03. The SMILES string of the molecule is COC(=O)[C@@H](NC(=O)OC(C)(C)C)c1ccc(OS(=O)(=O)C(F)(F)F)cc1. The van der Waals surface area contributed by atoms with Crippen LogP contribution in [0.3, 0.4) is 0 Å². The number of halogens is 3. The minimum Gasteiger partial charge on any atom is -0.467 e. The molecule has 1 amide bonds. The molecule has 1 aromatic rings. The van der Waals surface area contributed by atoms with Crippen LogP contribution >= 0.6 is 0 Å². The standard InChI is InChI=1S/C15H18F3NO7S/c1-14(2,3)25-13(21)19-11(12(20)24-4)9-5-7-10(8-6-9)26-27(22,23)15(16,17)18/h5-8,11H,1-4H3,(H,19,21)/t11-/m0/s1. The fourth-order valence-corrected chi connectivity index (χ4v) is 2.17. The summed E-state index contributed by atoms with van der Waals surface area (Å²) in [6.07, 6.45) is -0.933. The van der Waals surface area contributed by atoms with Crippen molar-refractivity contribution in [2.24, 2.45) is 0 Å². The van der Waals surface area contributed by atoms with Gasteiger partial charge in [-0.1, -0.05) is 12.1 Å². The number of carbonyl (C=O) groups excluding carboxylic acids is 2. The van der Waals surface area contributed by atoms with E-state index in [0.29, 0.717) is 0 Å². The third-order valence-electron chi connectivity index (χ3n) is 2.80. The van der Waals surface area contributed by atoms with Crippen molar-refractivity contribution in [3.8, 4) is 5.75 Å². The molecule has 1 N–H and O–H groups in total. The maximum atomic E-state index is 12.3. The van der Waals surface area contributed by atoms with Crippen LogP contribution in [-0.4, -0.2) is 38.7 Å². The van der Waals surface area contributed by atoms with E-state index in [2.05, 4.69) is 14.2 Å². The molecule has 0 unspecified atom stereocenters. The quantitative estimate of drug-likeness (QED) is 0.449. The molecule has 1 atom stereocenters. The molecule has 1 aromatic carbocycles. The second-order valence-corrected chi connectivity index (χ2v) is 7.69. The average Bonchev–Trinajstić information content (AvgIpc) is 2.49. The molecule has 0 saturated heterocycles. The molecule has 27 heavy (non-hydrogen) atoms. The van der Waals surface area contributed by atoms with Crippen LogP contribution in [0, 0.1) is 0 Å². The van der Waals surface area contributed by atoms with Crippen molar-refractivity contribution < 1.29 is 44.8 Å². The van der Waals surface area contributed by atoms with Crippen LogP contribution in [0.2, 0.25) is 0 Å².